The van der Waals surface area contributed by atoms with Crippen LogP contribution in [0.4, 0.5) is 5.69 Å². The van der Waals surface area contributed by atoms with Gasteiger partial charge in [-0.25, -0.2) is 9.78 Å². The summed E-state index contributed by atoms with van der Waals surface area (Å²) < 4.78 is 1.64. The van der Waals surface area contributed by atoms with Crippen LogP contribution in [0.2, 0.25) is 0 Å². The number of anilines is 1. The highest BCUT2D eigenvalue weighted by molar-refractivity contribution is 6.03. The Balaban J connectivity index is 2.06. The van der Waals surface area contributed by atoms with Crippen LogP contribution in [0.3, 0.4) is 0 Å². The van der Waals surface area contributed by atoms with Crippen molar-refractivity contribution in [2.24, 2.45) is 13.0 Å². The highest BCUT2D eigenvalue weighted by atomic mass is 16.4. The average Bonchev–Trinajstić information content (AvgIpc) is 2.88. The number of aryl methyl sites for hydroxylation is 1. The summed E-state index contributed by atoms with van der Waals surface area (Å²) in [5.41, 5.74) is 1.58. The van der Waals surface area contributed by atoms with Gasteiger partial charge in [0, 0.05) is 32.9 Å². The maximum atomic E-state index is 11.5. The highest BCUT2D eigenvalue weighted by Gasteiger charge is 2.25. The van der Waals surface area contributed by atoms with Crippen LogP contribution in [0.15, 0.2) is 12.4 Å². The van der Waals surface area contributed by atoms with E-state index in [4.69, 9.17) is 0 Å². The molecular weight excluding hydrogens is 272 g/mol. The van der Waals surface area contributed by atoms with Gasteiger partial charge in [0.2, 0.25) is 0 Å². The first-order chi connectivity index (χ1) is 10.1. The van der Waals surface area contributed by atoms with Crippen LogP contribution >= 0.6 is 0 Å². The second-order valence-corrected chi connectivity index (χ2v) is 5.44. The Bertz CT molecular complexity index is 674. The van der Waals surface area contributed by atoms with Crippen LogP contribution in [0, 0.1) is 5.92 Å². The number of aliphatic hydroxyl groups excluding tert-OH is 1. The summed E-state index contributed by atoms with van der Waals surface area (Å²) in [7, 11) is 1.79. The third-order valence-corrected chi connectivity index (χ3v) is 4.15. The number of hydrogen-bond donors (Lipinski definition) is 2. The smallest absolute Gasteiger partial charge is 0.339 e. The van der Waals surface area contributed by atoms with Gasteiger partial charge in [-0.3, -0.25) is 4.68 Å². The number of pyridine rings is 1. The summed E-state index contributed by atoms with van der Waals surface area (Å²) in [5, 5.41) is 23.6. The van der Waals surface area contributed by atoms with E-state index in [1.54, 1.807) is 17.9 Å². The Morgan fingerprint density at radius 1 is 1.38 bits per heavy atom. The van der Waals surface area contributed by atoms with E-state index in [0.29, 0.717) is 17.3 Å². The van der Waals surface area contributed by atoms with E-state index in [-0.39, 0.29) is 12.2 Å². The molecule has 2 aromatic rings. The highest BCUT2D eigenvalue weighted by Crippen LogP contribution is 2.32. The van der Waals surface area contributed by atoms with Crippen molar-refractivity contribution in [1.29, 1.82) is 0 Å². The third-order valence-electron chi connectivity index (χ3n) is 4.15. The first-order valence-corrected chi connectivity index (χ1v) is 7.01. The van der Waals surface area contributed by atoms with Gasteiger partial charge in [0.25, 0.3) is 0 Å². The first-order valence-electron chi connectivity index (χ1n) is 7.01. The van der Waals surface area contributed by atoms with E-state index in [1.807, 2.05) is 0 Å². The number of fused-ring (bicyclic) bond motifs is 1. The van der Waals surface area contributed by atoms with Crippen molar-refractivity contribution in [2.45, 2.75) is 12.8 Å². The minimum Gasteiger partial charge on any atom is -0.478 e. The molecule has 0 amide bonds. The first kappa shape index (κ1) is 13.8. The van der Waals surface area contributed by atoms with Gasteiger partial charge < -0.3 is 15.1 Å². The van der Waals surface area contributed by atoms with Crippen LogP contribution < -0.4 is 4.90 Å². The molecule has 0 aromatic carbocycles. The van der Waals surface area contributed by atoms with Crippen LogP contribution in [0.1, 0.15) is 23.2 Å². The maximum Gasteiger partial charge on any atom is 0.339 e. The van der Waals surface area contributed by atoms with Gasteiger partial charge in [0.05, 0.1) is 17.3 Å². The second-order valence-electron chi connectivity index (χ2n) is 5.44. The number of nitrogens with zero attached hydrogens (tertiary/aromatic N) is 4. The fraction of sp³-hybridized carbons (Fsp3) is 0.500. The van der Waals surface area contributed by atoms with E-state index in [1.165, 1.54) is 6.20 Å². The Labute approximate surface area is 121 Å². The summed E-state index contributed by atoms with van der Waals surface area (Å²) in [6, 6.07) is 0. The summed E-state index contributed by atoms with van der Waals surface area (Å²) in [4.78, 5) is 17.8. The number of aromatic carboxylic acids is 1. The lowest BCUT2D eigenvalue weighted by atomic mass is 9.96. The van der Waals surface area contributed by atoms with Crippen molar-refractivity contribution < 1.29 is 15.0 Å². The van der Waals surface area contributed by atoms with E-state index >= 15 is 0 Å². The van der Waals surface area contributed by atoms with Crippen molar-refractivity contribution in [2.75, 3.05) is 24.6 Å². The fourth-order valence-electron chi connectivity index (χ4n) is 2.92. The molecule has 1 aliphatic rings. The lowest BCUT2D eigenvalue weighted by Gasteiger charge is -2.33. The molecule has 0 bridgehead atoms. The summed E-state index contributed by atoms with van der Waals surface area (Å²) in [5.74, 6) is -0.673. The van der Waals surface area contributed by atoms with Crippen molar-refractivity contribution in [3.63, 3.8) is 0 Å². The van der Waals surface area contributed by atoms with Crippen molar-refractivity contribution in [3.05, 3.63) is 18.0 Å². The molecule has 0 saturated carbocycles. The van der Waals surface area contributed by atoms with Crippen molar-refractivity contribution in [3.8, 4) is 0 Å². The topological polar surface area (TPSA) is 91.5 Å². The number of aliphatic hydroxyl groups is 1. The predicted molar refractivity (Wildman–Crippen MR) is 77.5 cm³/mol. The standard InChI is InChI=1S/C14H18N4O3/c1-17-13-10(7-16-17)12(11(6-15-13)14(20)21)18-4-2-9(8-19)3-5-18/h6-7,9,19H,2-5,8H2,1H3,(H,20,21). The Kier molecular flexibility index (Phi) is 3.50. The van der Waals surface area contributed by atoms with E-state index in [2.05, 4.69) is 15.0 Å². The van der Waals surface area contributed by atoms with Crippen LogP contribution in [0.5, 0.6) is 0 Å². The van der Waals surface area contributed by atoms with Gasteiger partial charge in [0.15, 0.2) is 5.65 Å². The number of carboxylic acids is 1. The summed E-state index contributed by atoms with van der Waals surface area (Å²) in [6.45, 7) is 1.66. The molecule has 7 nitrogen and oxygen atoms in total. The Hall–Kier alpha value is -2.15. The average molecular weight is 290 g/mol. The molecule has 1 aliphatic heterocycles. The molecule has 0 radical (unpaired) electrons. The molecule has 1 saturated heterocycles. The van der Waals surface area contributed by atoms with Crippen molar-refractivity contribution >= 4 is 22.7 Å². The van der Waals surface area contributed by atoms with Gasteiger partial charge in [-0.1, -0.05) is 0 Å². The van der Waals surface area contributed by atoms with E-state index < -0.39 is 5.97 Å². The molecule has 0 spiro atoms. The fourth-order valence-corrected chi connectivity index (χ4v) is 2.92. The molecule has 0 atom stereocenters. The molecule has 21 heavy (non-hydrogen) atoms. The predicted octanol–water partition coefficient (Wildman–Crippen LogP) is 0.875. The molecule has 7 heteroatoms. The van der Waals surface area contributed by atoms with Crippen LogP contribution in [-0.2, 0) is 7.05 Å². The summed E-state index contributed by atoms with van der Waals surface area (Å²) in [6.07, 6.45) is 4.79. The van der Waals surface area contributed by atoms with Crippen molar-refractivity contribution in [1.82, 2.24) is 14.8 Å². The minimum absolute atomic E-state index is 0.193. The minimum atomic E-state index is -0.979. The molecule has 2 aromatic heterocycles. The van der Waals surface area contributed by atoms with Crippen LogP contribution in [0.25, 0.3) is 11.0 Å². The Morgan fingerprint density at radius 2 is 2.10 bits per heavy atom. The zero-order valence-corrected chi connectivity index (χ0v) is 11.9. The number of piperidine rings is 1. The maximum absolute atomic E-state index is 11.5. The van der Waals surface area contributed by atoms with E-state index in [9.17, 15) is 15.0 Å². The largest absolute Gasteiger partial charge is 0.478 e. The number of carboxylic acid groups (broad SMARTS) is 1. The monoisotopic (exact) mass is 290 g/mol. The van der Waals surface area contributed by atoms with Gasteiger partial charge >= 0.3 is 5.97 Å². The molecule has 0 aliphatic carbocycles. The van der Waals surface area contributed by atoms with Crippen LogP contribution in [-0.4, -0.2) is 50.6 Å². The molecular formula is C14H18N4O3. The molecule has 2 N–H and O–H groups in total. The third kappa shape index (κ3) is 2.33. The van der Waals surface area contributed by atoms with E-state index in [0.717, 1.165) is 31.3 Å². The lowest BCUT2D eigenvalue weighted by Crippen LogP contribution is -2.35. The molecule has 1 fully saturated rings. The zero-order valence-electron chi connectivity index (χ0n) is 11.9. The van der Waals surface area contributed by atoms with Gasteiger partial charge in [-0.2, -0.15) is 5.10 Å². The number of aromatic nitrogens is 3. The quantitative estimate of drug-likeness (QED) is 0.871. The number of hydrogen-bond acceptors (Lipinski definition) is 5. The number of rotatable bonds is 3. The lowest BCUT2D eigenvalue weighted by molar-refractivity contribution is 0.0697. The number of carbonyl (C=O) groups is 1. The van der Waals surface area contributed by atoms with Gasteiger partial charge in [0.1, 0.15) is 5.56 Å². The van der Waals surface area contributed by atoms with Gasteiger partial charge in [-0.05, 0) is 18.8 Å². The Morgan fingerprint density at radius 3 is 2.71 bits per heavy atom. The normalized spacial score (nSPS) is 16.6. The molecule has 112 valence electrons. The zero-order chi connectivity index (χ0) is 15.0. The summed E-state index contributed by atoms with van der Waals surface area (Å²) >= 11 is 0. The molecule has 0 unspecified atom stereocenters. The SMILES string of the molecule is Cn1ncc2c(N3CCC(CO)CC3)c(C(=O)O)cnc21. The molecule has 3 rings (SSSR count). The van der Waals surface area contributed by atoms with Gasteiger partial charge in [-0.15, -0.1) is 0 Å². The molecule has 3 heterocycles. The second kappa shape index (κ2) is 5.33.